The maximum atomic E-state index is 9.01. The normalized spacial score (nSPS) is 33.3. The lowest BCUT2D eigenvalue weighted by atomic mass is 9.89. The van der Waals surface area contributed by atoms with Crippen LogP contribution in [0.3, 0.4) is 0 Å². The second kappa shape index (κ2) is 4.73. The van der Waals surface area contributed by atoms with Crippen molar-refractivity contribution in [2.24, 2.45) is 11.8 Å². The van der Waals surface area contributed by atoms with E-state index in [1.807, 2.05) is 0 Å². The summed E-state index contributed by atoms with van der Waals surface area (Å²) in [4.78, 5) is 0. The molecule has 0 bridgehead atoms. The van der Waals surface area contributed by atoms with Crippen molar-refractivity contribution in [3.8, 4) is 0 Å². The molecule has 1 aliphatic carbocycles. The number of aliphatic hydroxyl groups excluding tert-OH is 2. The average molecular weight is 158 g/mol. The molecule has 0 spiro atoms. The minimum absolute atomic E-state index is 0.255. The highest BCUT2D eigenvalue weighted by Gasteiger charge is 2.21. The zero-order chi connectivity index (χ0) is 8.10. The summed E-state index contributed by atoms with van der Waals surface area (Å²) < 4.78 is 0. The first kappa shape index (κ1) is 9.01. The van der Waals surface area contributed by atoms with Gasteiger partial charge in [-0.1, -0.05) is 19.3 Å². The van der Waals surface area contributed by atoms with E-state index in [0.717, 1.165) is 12.8 Å². The Balaban J connectivity index is 2.41. The van der Waals surface area contributed by atoms with E-state index < -0.39 is 0 Å². The van der Waals surface area contributed by atoms with Gasteiger partial charge in [-0.05, 0) is 24.7 Å². The van der Waals surface area contributed by atoms with Crippen LogP contribution >= 0.6 is 0 Å². The smallest absolute Gasteiger partial charge is 0.0462 e. The van der Waals surface area contributed by atoms with Crippen molar-refractivity contribution in [1.29, 1.82) is 0 Å². The number of aliphatic hydroxyl groups is 2. The molecule has 1 rings (SSSR count). The lowest BCUT2D eigenvalue weighted by molar-refractivity contribution is 0.114. The third-order valence-corrected chi connectivity index (χ3v) is 2.79. The molecule has 11 heavy (non-hydrogen) atoms. The van der Waals surface area contributed by atoms with E-state index in [-0.39, 0.29) is 13.2 Å². The van der Waals surface area contributed by atoms with Gasteiger partial charge in [-0.2, -0.15) is 0 Å². The van der Waals surface area contributed by atoms with E-state index in [9.17, 15) is 0 Å². The Morgan fingerprint density at radius 2 is 1.27 bits per heavy atom. The molecule has 1 saturated carbocycles. The van der Waals surface area contributed by atoms with E-state index in [1.165, 1.54) is 19.3 Å². The van der Waals surface area contributed by atoms with Crippen LogP contribution in [0.5, 0.6) is 0 Å². The molecule has 0 heterocycles. The molecule has 0 aliphatic heterocycles. The molecule has 66 valence electrons. The molecule has 0 aromatic heterocycles. The van der Waals surface area contributed by atoms with Crippen LogP contribution in [0.15, 0.2) is 0 Å². The van der Waals surface area contributed by atoms with Crippen molar-refractivity contribution in [2.45, 2.75) is 32.1 Å². The lowest BCUT2D eigenvalue weighted by Gasteiger charge is -2.20. The number of hydrogen-bond acceptors (Lipinski definition) is 2. The van der Waals surface area contributed by atoms with Crippen molar-refractivity contribution < 1.29 is 10.2 Å². The van der Waals surface area contributed by atoms with Crippen molar-refractivity contribution in [3.05, 3.63) is 0 Å². The fourth-order valence-corrected chi connectivity index (χ4v) is 1.94. The first-order chi connectivity index (χ1) is 5.38. The monoisotopic (exact) mass is 158 g/mol. The lowest BCUT2D eigenvalue weighted by Crippen LogP contribution is -2.20. The zero-order valence-corrected chi connectivity index (χ0v) is 7.00. The van der Waals surface area contributed by atoms with Gasteiger partial charge < -0.3 is 10.2 Å². The fraction of sp³-hybridized carbons (Fsp3) is 1.00. The third kappa shape index (κ3) is 2.46. The summed E-state index contributed by atoms with van der Waals surface area (Å²) in [5, 5.41) is 18.0. The van der Waals surface area contributed by atoms with Gasteiger partial charge in [0.25, 0.3) is 0 Å². The van der Waals surface area contributed by atoms with Gasteiger partial charge in [0.05, 0.1) is 0 Å². The minimum atomic E-state index is 0.255. The van der Waals surface area contributed by atoms with Crippen LogP contribution in [0.1, 0.15) is 32.1 Å². The summed E-state index contributed by atoms with van der Waals surface area (Å²) in [7, 11) is 0. The van der Waals surface area contributed by atoms with Crippen LogP contribution in [0.25, 0.3) is 0 Å². The Morgan fingerprint density at radius 3 is 1.64 bits per heavy atom. The third-order valence-electron chi connectivity index (χ3n) is 2.79. The van der Waals surface area contributed by atoms with Crippen LogP contribution in [0, 0.1) is 11.8 Å². The van der Waals surface area contributed by atoms with Gasteiger partial charge in [0.1, 0.15) is 0 Å². The summed E-state index contributed by atoms with van der Waals surface area (Å²) in [5.41, 5.74) is 0. The van der Waals surface area contributed by atoms with E-state index in [0.29, 0.717) is 11.8 Å². The SMILES string of the molecule is OCC1CCCCCC1CO. The van der Waals surface area contributed by atoms with Gasteiger partial charge in [0.15, 0.2) is 0 Å². The molecular formula is C9H18O2. The molecule has 2 unspecified atom stereocenters. The maximum Gasteiger partial charge on any atom is 0.0462 e. The van der Waals surface area contributed by atoms with Crippen molar-refractivity contribution in [3.63, 3.8) is 0 Å². The van der Waals surface area contributed by atoms with Crippen molar-refractivity contribution in [1.82, 2.24) is 0 Å². The summed E-state index contributed by atoms with van der Waals surface area (Å²) in [5.74, 6) is 0.727. The van der Waals surface area contributed by atoms with Crippen LogP contribution in [0.4, 0.5) is 0 Å². The topological polar surface area (TPSA) is 40.5 Å². The quantitative estimate of drug-likeness (QED) is 0.592. The Bertz CT molecular complexity index is 91.7. The fourth-order valence-electron chi connectivity index (χ4n) is 1.94. The largest absolute Gasteiger partial charge is 0.396 e. The molecule has 0 aromatic carbocycles. The Hall–Kier alpha value is -0.0800. The molecule has 0 amide bonds. The zero-order valence-electron chi connectivity index (χ0n) is 7.00. The van der Waals surface area contributed by atoms with Crippen molar-refractivity contribution in [2.75, 3.05) is 13.2 Å². The summed E-state index contributed by atoms with van der Waals surface area (Å²) in [6, 6.07) is 0. The first-order valence-electron chi connectivity index (χ1n) is 4.60. The Morgan fingerprint density at radius 1 is 0.818 bits per heavy atom. The summed E-state index contributed by atoms with van der Waals surface area (Å²) >= 11 is 0. The second-order valence-corrected chi connectivity index (χ2v) is 3.52. The van der Waals surface area contributed by atoms with Gasteiger partial charge in [-0.3, -0.25) is 0 Å². The predicted molar refractivity (Wildman–Crippen MR) is 44.2 cm³/mol. The second-order valence-electron chi connectivity index (χ2n) is 3.52. The highest BCUT2D eigenvalue weighted by molar-refractivity contribution is 4.72. The van der Waals surface area contributed by atoms with Crippen LogP contribution in [-0.4, -0.2) is 23.4 Å². The molecule has 0 radical (unpaired) electrons. The van der Waals surface area contributed by atoms with Crippen LogP contribution in [0.2, 0.25) is 0 Å². The Kier molecular flexibility index (Phi) is 3.87. The Labute approximate surface area is 68.2 Å². The highest BCUT2D eigenvalue weighted by atomic mass is 16.3. The van der Waals surface area contributed by atoms with E-state index in [1.54, 1.807) is 0 Å². The molecule has 2 nitrogen and oxygen atoms in total. The predicted octanol–water partition coefficient (Wildman–Crippen LogP) is 1.17. The molecular weight excluding hydrogens is 140 g/mol. The van der Waals surface area contributed by atoms with Gasteiger partial charge in [-0.15, -0.1) is 0 Å². The summed E-state index contributed by atoms with van der Waals surface area (Å²) in [6.45, 7) is 0.510. The van der Waals surface area contributed by atoms with E-state index >= 15 is 0 Å². The molecule has 0 saturated heterocycles. The molecule has 1 fully saturated rings. The maximum absolute atomic E-state index is 9.01. The van der Waals surface area contributed by atoms with E-state index in [2.05, 4.69) is 0 Å². The van der Waals surface area contributed by atoms with Gasteiger partial charge >= 0.3 is 0 Å². The van der Waals surface area contributed by atoms with Crippen molar-refractivity contribution >= 4 is 0 Å². The van der Waals surface area contributed by atoms with Crippen LogP contribution < -0.4 is 0 Å². The molecule has 2 N–H and O–H groups in total. The summed E-state index contributed by atoms with van der Waals surface area (Å²) in [6.07, 6.45) is 5.92. The highest BCUT2D eigenvalue weighted by Crippen LogP contribution is 2.27. The standard InChI is InChI=1S/C9H18O2/c10-6-8-4-2-1-3-5-9(8)7-11/h8-11H,1-7H2. The molecule has 2 heteroatoms. The molecule has 1 aliphatic rings. The number of rotatable bonds is 2. The molecule has 2 atom stereocenters. The molecule has 0 aromatic rings. The first-order valence-corrected chi connectivity index (χ1v) is 4.60. The number of hydrogen-bond donors (Lipinski definition) is 2. The van der Waals surface area contributed by atoms with E-state index in [4.69, 9.17) is 10.2 Å². The van der Waals surface area contributed by atoms with Crippen LogP contribution in [-0.2, 0) is 0 Å². The minimum Gasteiger partial charge on any atom is -0.396 e. The average Bonchev–Trinajstić information content (AvgIpc) is 2.27. The van der Waals surface area contributed by atoms with Gasteiger partial charge in [0.2, 0.25) is 0 Å². The van der Waals surface area contributed by atoms with Gasteiger partial charge in [0, 0.05) is 13.2 Å². The van der Waals surface area contributed by atoms with Gasteiger partial charge in [-0.25, -0.2) is 0 Å².